The minimum absolute atomic E-state index is 0.0105. The first-order valence-electron chi connectivity index (χ1n) is 10.1. The molecule has 32 heavy (non-hydrogen) atoms. The Balaban J connectivity index is 1.58. The number of hydrogen-bond acceptors (Lipinski definition) is 10. The first-order chi connectivity index (χ1) is 15.4. The number of nitrogens with zero attached hydrogens (tertiary/aromatic N) is 4. The van der Waals surface area contributed by atoms with Gasteiger partial charge < -0.3 is 19.2 Å². The molecule has 0 aliphatic heterocycles. The van der Waals surface area contributed by atoms with E-state index in [4.69, 9.17) is 13.9 Å². The van der Waals surface area contributed by atoms with Crippen LogP contribution < -0.4 is 21.0 Å². The molecule has 1 amide bonds. The zero-order valence-corrected chi connectivity index (χ0v) is 18.8. The van der Waals surface area contributed by atoms with Crippen molar-refractivity contribution in [2.75, 3.05) is 31.5 Å². The maximum absolute atomic E-state index is 12.8. The van der Waals surface area contributed by atoms with Gasteiger partial charge in [-0.05, 0) is 25.8 Å². The Labute approximate surface area is 187 Å². The first kappa shape index (κ1) is 22.0. The monoisotopic (exact) mass is 460 g/mol. The van der Waals surface area contributed by atoms with Crippen LogP contribution in [0, 0.1) is 6.92 Å². The predicted octanol–water partition coefficient (Wildman–Crippen LogP) is 2.62. The van der Waals surface area contributed by atoms with Crippen LogP contribution in [0.4, 0.5) is 10.8 Å². The van der Waals surface area contributed by atoms with E-state index in [1.165, 1.54) is 13.2 Å². The molecule has 0 atom stereocenters. The van der Waals surface area contributed by atoms with Crippen LogP contribution in [0.3, 0.4) is 0 Å². The molecule has 2 N–H and O–H groups in total. The van der Waals surface area contributed by atoms with Crippen molar-refractivity contribution in [3.8, 4) is 10.9 Å². The van der Waals surface area contributed by atoms with Gasteiger partial charge in [0.25, 0.3) is 5.91 Å². The van der Waals surface area contributed by atoms with Gasteiger partial charge in [0.2, 0.25) is 16.0 Å². The number of aromatic nitrogens is 4. The Morgan fingerprint density at radius 3 is 2.75 bits per heavy atom. The largest absolute Gasteiger partial charge is 0.488 e. The number of methoxy groups -OCH3 is 2. The molecule has 1 fully saturated rings. The van der Waals surface area contributed by atoms with Crippen molar-refractivity contribution in [2.45, 2.75) is 38.1 Å². The van der Waals surface area contributed by atoms with E-state index in [0.717, 1.165) is 42.7 Å². The number of hydrogen-bond donors (Lipinski definition) is 2. The summed E-state index contributed by atoms with van der Waals surface area (Å²) >= 11 is 1.15. The van der Waals surface area contributed by atoms with Crippen molar-refractivity contribution >= 4 is 28.1 Å². The maximum atomic E-state index is 12.8. The number of ether oxygens (including phenoxy) is 2. The molecular weight excluding hydrogens is 436 g/mol. The molecule has 3 aromatic heterocycles. The molecule has 0 bridgehead atoms. The lowest BCUT2D eigenvalue weighted by molar-refractivity contribution is 0.0991. The fourth-order valence-electron chi connectivity index (χ4n) is 3.88. The van der Waals surface area contributed by atoms with Crippen molar-refractivity contribution < 1.29 is 18.7 Å². The molecule has 4 rings (SSSR count). The molecule has 11 nitrogen and oxygen atoms in total. The molecule has 170 valence electrons. The molecule has 1 aliphatic rings. The molecule has 3 heterocycles. The standard InChI is InChI=1S/C20H24N6O5S/c1-12-6-9-21-26(12)19-25-24-18(32-19)22-16(27)14-10-13(15(30-3)17(28)31-14)23-20(11-29-2)7-4-5-8-20/h6,9-10,23H,4-5,7-8,11H2,1-3H3,(H,22,24,27). The first-order valence-corrected chi connectivity index (χ1v) is 10.9. The highest BCUT2D eigenvalue weighted by molar-refractivity contribution is 7.17. The maximum Gasteiger partial charge on any atom is 0.381 e. The lowest BCUT2D eigenvalue weighted by Gasteiger charge is -2.31. The molecule has 0 aromatic carbocycles. The summed E-state index contributed by atoms with van der Waals surface area (Å²) in [6.07, 6.45) is 5.50. The quantitative estimate of drug-likeness (QED) is 0.520. The SMILES string of the molecule is COCC1(Nc2cc(C(=O)Nc3nnc(-n4nccc4C)s3)oc(=O)c2OC)CCCC1. The molecule has 1 aliphatic carbocycles. The van der Waals surface area contributed by atoms with E-state index >= 15 is 0 Å². The highest BCUT2D eigenvalue weighted by atomic mass is 32.1. The Morgan fingerprint density at radius 1 is 1.31 bits per heavy atom. The van der Waals surface area contributed by atoms with Crippen LogP contribution in [-0.4, -0.2) is 52.3 Å². The van der Waals surface area contributed by atoms with Crippen molar-refractivity contribution in [1.82, 2.24) is 20.0 Å². The van der Waals surface area contributed by atoms with Crippen LogP contribution in [0.25, 0.3) is 5.13 Å². The summed E-state index contributed by atoms with van der Waals surface area (Å²) < 4.78 is 17.5. The fourth-order valence-corrected chi connectivity index (χ4v) is 4.64. The van der Waals surface area contributed by atoms with E-state index in [1.807, 2.05) is 13.0 Å². The number of nitrogens with one attached hydrogen (secondary N) is 2. The van der Waals surface area contributed by atoms with Crippen LogP contribution in [0.1, 0.15) is 41.9 Å². The van der Waals surface area contributed by atoms with Crippen LogP contribution in [0.5, 0.6) is 5.75 Å². The van der Waals surface area contributed by atoms with E-state index in [2.05, 4.69) is 25.9 Å². The minimum Gasteiger partial charge on any atom is -0.488 e. The zero-order chi connectivity index (χ0) is 22.7. The summed E-state index contributed by atoms with van der Waals surface area (Å²) in [5.74, 6) is -0.785. The normalized spacial score (nSPS) is 15.0. The van der Waals surface area contributed by atoms with Gasteiger partial charge in [-0.1, -0.05) is 24.2 Å². The number of carbonyl (C=O) groups excluding carboxylic acids is 1. The Bertz CT molecular complexity index is 1160. The molecule has 3 aromatic rings. The summed E-state index contributed by atoms with van der Waals surface area (Å²) in [6, 6.07) is 3.30. The Hall–Kier alpha value is -3.25. The topological polar surface area (TPSA) is 133 Å². The Morgan fingerprint density at radius 2 is 2.09 bits per heavy atom. The number of carbonyl (C=O) groups is 1. The average Bonchev–Trinajstić information content (AvgIpc) is 3.50. The zero-order valence-electron chi connectivity index (χ0n) is 18.0. The van der Waals surface area contributed by atoms with Gasteiger partial charge in [-0.25, -0.2) is 9.48 Å². The van der Waals surface area contributed by atoms with Crippen molar-refractivity contribution in [3.63, 3.8) is 0 Å². The molecule has 1 saturated carbocycles. The van der Waals surface area contributed by atoms with Gasteiger partial charge in [-0.3, -0.25) is 10.1 Å². The van der Waals surface area contributed by atoms with Gasteiger partial charge in [-0.15, -0.1) is 10.2 Å². The number of anilines is 2. The third kappa shape index (κ3) is 4.36. The molecular formula is C20H24N6O5S. The second kappa shape index (κ2) is 9.09. The van der Waals surface area contributed by atoms with E-state index in [1.54, 1.807) is 18.0 Å². The number of rotatable bonds is 8. The summed E-state index contributed by atoms with van der Waals surface area (Å²) in [4.78, 5) is 25.3. The van der Waals surface area contributed by atoms with Crippen molar-refractivity contribution in [3.05, 3.63) is 40.2 Å². The van der Waals surface area contributed by atoms with Gasteiger partial charge >= 0.3 is 5.63 Å². The Kier molecular flexibility index (Phi) is 6.24. The predicted molar refractivity (Wildman–Crippen MR) is 118 cm³/mol. The van der Waals surface area contributed by atoms with Gasteiger partial charge in [0.05, 0.1) is 24.9 Å². The molecule has 0 saturated heterocycles. The fraction of sp³-hybridized carbons (Fsp3) is 0.450. The van der Waals surface area contributed by atoms with Crippen LogP contribution in [0.15, 0.2) is 27.5 Å². The van der Waals surface area contributed by atoms with E-state index in [-0.39, 0.29) is 22.2 Å². The summed E-state index contributed by atoms with van der Waals surface area (Å²) in [5.41, 5.74) is 0.184. The summed E-state index contributed by atoms with van der Waals surface area (Å²) in [6.45, 7) is 2.35. The van der Waals surface area contributed by atoms with Gasteiger partial charge in [-0.2, -0.15) is 5.10 Å². The number of aryl methyl sites for hydroxylation is 1. The van der Waals surface area contributed by atoms with Gasteiger partial charge in [0.1, 0.15) is 0 Å². The van der Waals surface area contributed by atoms with Gasteiger partial charge in [0, 0.05) is 25.1 Å². The van der Waals surface area contributed by atoms with E-state index in [0.29, 0.717) is 17.4 Å². The van der Waals surface area contributed by atoms with Gasteiger partial charge in [0.15, 0.2) is 5.76 Å². The van der Waals surface area contributed by atoms with Crippen LogP contribution in [-0.2, 0) is 4.74 Å². The van der Waals surface area contributed by atoms with Crippen LogP contribution >= 0.6 is 11.3 Å². The minimum atomic E-state index is -0.752. The molecule has 0 spiro atoms. The molecule has 12 heteroatoms. The van der Waals surface area contributed by atoms with E-state index in [9.17, 15) is 9.59 Å². The highest BCUT2D eigenvalue weighted by Crippen LogP contribution is 2.36. The number of amides is 1. The summed E-state index contributed by atoms with van der Waals surface area (Å²) in [5, 5.41) is 18.9. The second-order valence-electron chi connectivity index (χ2n) is 7.62. The average molecular weight is 461 g/mol. The van der Waals surface area contributed by atoms with E-state index < -0.39 is 11.5 Å². The highest BCUT2D eigenvalue weighted by Gasteiger charge is 2.35. The van der Waals surface area contributed by atoms with Crippen molar-refractivity contribution in [1.29, 1.82) is 0 Å². The lowest BCUT2D eigenvalue weighted by atomic mass is 9.98. The third-order valence-electron chi connectivity index (χ3n) is 5.37. The smallest absolute Gasteiger partial charge is 0.381 e. The van der Waals surface area contributed by atoms with Crippen LogP contribution in [0.2, 0.25) is 0 Å². The second-order valence-corrected chi connectivity index (χ2v) is 8.57. The molecule has 0 radical (unpaired) electrons. The third-order valence-corrected chi connectivity index (χ3v) is 6.18. The van der Waals surface area contributed by atoms with Crippen molar-refractivity contribution in [2.24, 2.45) is 0 Å². The summed E-state index contributed by atoms with van der Waals surface area (Å²) in [7, 11) is 3.02. The lowest BCUT2D eigenvalue weighted by Crippen LogP contribution is -2.40. The molecule has 0 unspecified atom stereocenters.